The molecule has 1 N–H and O–H groups in total. The number of hydrogen-bond donors (Lipinski definition) is 1. The molecule has 6 heteroatoms. The minimum atomic E-state index is -0.218. The van der Waals surface area contributed by atoms with E-state index >= 15 is 0 Å². The van der Waals surface area contributed by atoms with E-state index in [4.69, 9.17) is 0 Å². The normalized spacial score (nSPS) is 12.7. The summed E-state index contributed by atoms with van der Waals surface area (Å²) in [5.41, 5.74) is 0.626. The summed E-state index contributed by atoms with van der Waals surface area (Å²) < 4.78 is 16.7. The Morgan fingerprint density at radius 3 is 2.44 bits per heavy atom. The Labute approximate surface area is 134 Å². The zero-order chi connectivity index (χ0) is 13.3. The van der Waals surface area contributed by atoms with Gasteiger partial charge in [0, 0.05) is 19.4 Å². The Morgan fingerprint density at radius 2 is 1.94 bits per heavy atom. The van der Waals surface area contributed by atoms with Crippen molar-refractivity contribution in [2.24, 2.45) is 0 Å². The fourth-order valence-electron chi connectivity index (χ4n) is 1.72. The highest BCUT2D eigenvalue weighted by atomic mass is 79.9. The molecule has 0 radical (unpaired) electrons. The van der Waals surface area contributed by atoms with Crippen LogP contribution in [0.1, 0.15) is 16.5 Å². The van der Waals surface area contributed by atoms with Gasteiger partial charge < -0.3 is 5.32 Å². The Morgan fingerprint density at radius 1 is 1.22 bits per heavy atom. The van der Waals surface area contributed by atoms with E-state index in [1.807, 2.05) is 19.2 Å². The van der Waals surface area contributed by atoms with Crippen LogP contribution in [-0.2, 0) is 0 Å². The van der Waals surface area contributed by atoms with E-state index in [2.05, 4.69) is 53.1 Å². The molecule has 0 spiro atoms. The van der Waals surface area contributed by atoms with Crippen molar-refractivity contribution in [2.45, 2.75) is 6.04 Å². The molecule has 0 amide bonds. The van der Waals surface area contributed by atoms with E-state index in [0.717, 1.165) is 17.6 Å². The lowest BCUT2D eigenvalue weighted by molar-refractivity contribution is 0.577. The molecule has 96 valence electrons. The number of benzene rings is 1. The second kappa shape index (κ2) is 6.13. The van der Waals surface area contributed by atoms with Crippen LogP contribution in [0.4, 0.5) is 4.39 Å². The number of rotatable bonds is 3. The van der Waals surface area contributed by atoms with Crippen molar-refractivity contribution in [3.05, 3.63) is 53.3 Å². The van der Waals surface area contributed by atoms with Crippen LogP contribution in [0.3, 0.4) is 0 Å². The quantitative estimate of drug-likeness (QED) is 0.643. The number of halogens is 4. The van der Waals surface area contributed by atoms with Gasteiger partial charge >= 0.3 is 0 Å². The van der Waals surface area contributed by atoms with Crippen LogP contribution < -0.4 is 5.32 Å². The molecule has 1 aromatic heterocycles. The monoisotopic (exact) mass is 455 g/mol. The first-order valence-electron chi connectivity index (χ1n) is 5.10. The molecule has 1 nitrogen and oxygen atoms in total. The summed E-state index contributed by atoms with van der Waals surface area (Å²) in [5.74, 6) is -0.218. The van der Waals surface area contributed by atoms with Gasteiger partial charge in [-0.1, -0.05) is 22.0 Å². The maximum atomic E-state index is 14.0. The van der Waals surface area contributed by atoms with Gasteiger partial charge in [-0.2, -0.15) is 0 Å². The molecule has 1 atom stereocenters. The summed E-state index contributed by atoms with van der Waals surface area (Å²) in [7, 11) is 1.82. The summed E-state index contributed by atoms with van der Waals surface area (Å²) in [6.07, 6.45) is 0. The number of hydrogen-bond acceptors (Lipinski definition) is 2. The van der Waals surface area contributed by atoms with Crippen molar-refractivity contribution < 1.29 is 4.39 Å². The van der Waals surface area contributed by atoms with Crippen molar-refractivity contribution in [1.29, 1.82) is 0 Å². The van der Waals surface area contributed by atoms with Crippen LogP contribution in [0.25, 0.3) is 0 Å². The van der Waals surface area contributed by atoms with Crippen molar-refractivity contribution in [3.8, 4) is 0 Å². The van der Waals surface area contributed by atoms with Crippen LogP contribution >= 0.6 is 59.1 Å². The molecular weight excluding hydrogens is 449 g/mol. The van der Waals surface area contributed by atoms with Crippen molar-refractivity contribution in [1.82, 2.24) is 5.32 Å². The molecule has 0 aliphatic rings. The molecule has 1 aromatic carbocycles. The van der Waals surface area contributed by atoms with Crippen LogP contribution in [-0.4, -0.2) is 7.05 Å². The van der Waals surface area contributed by atoms with Crippen LogP contribution in [0, 0.1) is 5.82 Å². The number of nitrogens with one attached hydrogen (secondary N) is 1. The predicted octanol–water partition coefficient (Wildman–Crippen LogP) is 5.48. The summed E-state index contributed by atoms with van der Waals surface area (Å²) in [4.78, 5) is 1.04. The summed E-state index contributed by atoms with van der Waals surface area (Å²) >= 11 is 11.9. The van der Waals surface area contributed by atoms with E-state index in [0.29, 0.717) is 5.56 Å². The third-order valence-electron chi connectivity index (χ3n) is 2.53. The summed E-state index contributed by atoms with van der Waals surface area (Å²) in [6, 6.07) is 6.83. The largest absolute Gasteiger partial charge is 0.309 e. The van der Waals surface area contributed by atoms with Gasteiger partial charge in [0.15, 0.2) is 0 Å². The second-order valence-corrected chi connectivity index (χ2v) is 7.74. The Bertz CT molecular complexity index is 531. The average molecular weight is 458 g/mol. The van der Waals surface area contributed by atoms with Crippen molar-refractivity contribution in [2.75, 3.05) is 7.05 Å². The molecule has 0 aliphatic carbocycles. The van der Waals surface area contributed by atoms with Gasteiger partial charge in [-0.25, -0.2) is 4.39 Å². The fraction of sp³-hybridized carbons (Fsp3) is 0.167. The molecule has 0 saturated heterocycles. The van der Waals surface area contributed by atoms with Gasteiger partial charge in [0.25, 0.3) is 0 Å². The highest BCUT2D eigenvalue weighted by Gasteiger charge is 2.21. The maximum absolute atomic E-state index is 14.0. The lowest BCUT2D eigenvalue weighted by Crippen LogP contribution is -2.18. The predicted molar refractivity (Wildman–Crippen MR) is 84.7 cm³/mol. The zero-order valence-electron chi connectivity index (χ0n) is 9.31. The molecule has 2 rings (SSSR count). The van der Waals surface area contributed by atoms with Gasteiger partial charge in [0.05, 0.1) is 9.83 Å². The molecule has 1 unspecified atom stereocenters. The smallest absolute Gasteiger partial charge is 0.129 e. The third kappa shape index (κ3) is 2.88. The topological polar surface area (TPSA) is 12.0 Å². The Hall–Kier alpha value is 0.250. The first-order chi connectivity index (χ1) is 8.54. The molecule has 0 saturated carbocycles. The molecule has 0 fully saturated rings. The first-order valence-corrected chi connectivity index (χ1v) is 8.30. The lowest BCUT2D eigenvalue weighted by atomic mass is 10.1. The Balaban J connectivity index is 2.52. The van der Waals surface area contributed by atoms with Gasteiger partial charge in [-0.3, -0.25) is 0 Å². The van der Waals surface area contributed by atoms with Crippen LogP contribution in [0.5, 0.6) is 0 Å². The van der Waals surface area contributed by atoms with E-state index in [1.165, 1.54) is 6.07 Å². The van der Waals surface area contributed by atoms with Crippen LogP contribution in [0.15, 0.2) is 37.0 Å². The van der Waals surface area contributed by atoms with Crippen molar-refractivity contribution in [3.63, 3.8) is 0 Å². The van der Waals surface area contributed by atoms with Gasteiger partial charge in [0.1, 0.15) is 5.82 Å². The first kappa shape index (κ1) is 14.7. The number of thiophene rings is 1. The van der Waals surface area contributed by atoms with E-state index in [-0.39, 0.29) is 11.9 Å². The molecular formula is C12H9Br3FNS. The molecule has 0 aliphatic heterocycles. The zero-order valence-corrected chi connectivity index (χ0v) is 14.9. The van der Waals surface area contributed by atoms with Gasteiger partial charge in [0.2, 0.25) is 0 Å². The molecule has 1 heterocycles. The minimum Gasteiger partial charge on any atom is -0.309 e. The lowest BCUT2D eigenvalue weighted by Gasteiger charge is -2.17. The van der Waals surface area contributed by atoms with Gasteiger partial charge in [-0.05, 0) is 57.1 Å². The van der Waals surface area contributed by atoms with Crippen molar-refractivity contribution >= 4 is 59.1 Å². The van der Waals surface area contributed by atoms with E-state index in [1.54, 1.807) is 17.4 Å². The van der Waals surface area contributed by atoms with Gasteiger partial charge in [-0.15, -0.1) is 11.3 Å². The van der Waals surface area contributed by atoms with Crippen LogP contribution in [0.2, 0.25) is 0 Å². The average Bonchev–Trinajstić information content (AvgIpc) is 2.64. The minimum absolute atomic E-state index is 0.173. The summed E-state index contributed by atoms with van der Waals surface area (Å²) in [6.45, 7) is 0. The second-order valence-electron chi connectivity index (χ2n) is 3.63. The van der Waals surface area contributed by atoms with E-state index in [9.17, 15) is 4.39 Å². The Kier molecular flexibility index (Phi) is 4.99. The van der Waals surface area contributed by atoms with E-state index < -0.39 is 0 Å². The standard InChI is InChI=1S/C12H9Br3FNS/c1-17-11(9-5-7(14)12(15)18-9)10-6(13)3-2-4-8(10)16/h2-5,11,17H,1H3. The maximum Gasteiger partial charge on any atom is 0.129 e. The molecule has 2 aromatic rings. The highest BCUT2D eigenvalue weighted by Crippen LogP contribution is 2.39. The highest BCUT2D eigenvalue weighted by molar-refractivity contribution is 9.13. The molecule has 18 heavy (non-hydrogen) atoms. The summed E-state index contributed by atoms with van der Waals surface area (Å²) in [5, 5.41) is 3.16. The molecule has 0 bridgehead atoms. The fourth-order valence-corrected chi connectivity index (χ4v) is 4.50. The third-order valence-corrected chi connectivity index (χ3v) is 6.54. The SMILES string of the molecule is CNC(c1cc(Br)c(Br)s1)c1c(F)cccc1Br.